The zero-order chi connectivity index (χ0) is 9.42. The van der Waals surface area contributed by atoms with Gasteiger partial charge in [-0.15, -0.1) is 12.6 Å². The second kappa shape index (κ2) is 3.05. The summed E-state index contributed by atoms with van der Waals surface area (Å²) in [5.74, 6) is 0.897. The molecule has 0 amide bonds. The van der Waals surface area contributed by atoms with Gasteiger partial charge in [0.05, 0.1) is 17.6 Å². The van der Waals surface area contributed by atoms with Crippen molar-refractivity contribution < 1.29 is 0 Å². The summed E-state index contributed by atoms with van der Waals surface area (Å²) in [6.07, 6.45) is 0. The molecular weight excluding hydrogens is 182 g/mol. The van der Waals surface area contributed by atoms with Gasteiger partial charge in [-0.05, 0) is 18.2 Å². The highest BCUT2D eigenvalue weighted by Crippen LogP contribution is 2.18. The molecule has 2 aromatic rings. The van der Waals surface area contributed by atoms with Gasteiger partial charge in [-0.3, -0.25) is 0 Å². The third-order valence-corrected chi connectivity index (χ3v) is 2.42. The Balaban J connectivity index is 2.77. The van der Waals surface area contributed by atoms with E-state index in [9.17, 15) is 0 Å². The molecule has 0 saturated carbocycles. The third kappa shape index (κ3) is 1.32. The number of hydrogen-bond acceptors (Lipinski definition) is 3. The molecule has 0 fully saturated rings. The maximum Gasteiger partial charge on any atom is 0.123 e. The van der Waals surface area contributed by atoms with E-state index in [2.05, 4.69) is 17.6 Å². The summed E-state index contributed by atoms with van der Waals surface area (Å²) in [4.78, 5) is 5.32. The molecule has 0 spiro atoms. The van der Waals surface area contributed by atoms with Crippen molar-refractivity contribution in [2.75, 3.05) is 0 Å². The molecule has 0 radical (unpaired) electrons. The normalized spacial score (nSPS) is 11.0. The first-order chi connectivity index (χ1) is 6.22. The highest BCUT2D eigenvalue weighted by atomic mass is 32.1. The van der Waals surface area contributed by atoms with E-state index in [1.807, 2.05) is 29.8 Å². The van der Waals surface area contributed by atoms with Crippen LogP contribution in [0.1, 0.15) is 5.82 Å². The van der Waals surface area contributed by atoms with E-state index in [-0.39, 0.29) is 0 Å². The molecule has 1 aromatic carbocycles. The molecule has 0 aliphatic rings. The van der Waals surface area contributed by atoms with Gasteiger partial charge >= 0.3 is 0 Å². The summed E-state index contributed by atoms with van der Waals surface area (Å²) >= 11 is 4.27. The average Bonchev–Trinajstić information content (AvgIpc) is 2.44. The SMILES string of the molecule is Cn1c(CN)nc2ccc(S)cc21. The van der Waals surface area contributed by atoms with Crippen molar-refractivity contribution in [3.05, 3.63) is 24.0 Å². The molecule has 68 valence electrons. The van der Waals surface area contributed by atoms with Crippen LogP contribution in [0.5, 0.6) is 0 Å². The molecule has 1 heterocycles. The zero-order valence-corrected chi connectivity index (χ0v) is 8.25. The fourth-order valence-corrected chi connectivity index (χ4v) is 1.61. The van der Waals surface area contributed by atoms with Crippen LogP contribution in [0.2, 0.25) is 0 Å². The van der Waals surface area contributed by atoms with Crippen LogP contribution in [0, 0.1) is 0 Å². The van der Waals surface area contributed by atoms with Gasteiger partial charge < -0.3 is 10.3 Å². The quantitative estimate of drug-likeness (QED) is 0.671. The summed E-state index contributed by atoms with van der Waals surface area (Å²) in [5, 5.41) is 0. The van der Waals surface area contributed by atoms with Gasteiger partial charge in [-0.2, -0.15) is 0 Å². The lowest BCUT2D eigenvalue weighted by molar-refractivity contribution is 0.812. The summed E-state index contributed by atoms with van der Waals surface area (Å²) in [7, 11) is 1.96. The molecule has 13 heavy (non-hydrogen) atoms. The number of thiol groups is 1. The Morgan fingerprint density at radius 3 is 3.00 bits per heavy atom. The number of hydrogen-bond donors (Lipinski definition) is 2. The molecular formula is C9H11N3S. The first kappa shape index (κ1) is 8.59. The Bertz CT molecular complexity index is 447. The lowest BCUT2D eigenvalue weighted by Crippen LogP contribution is -2.04. The molecule has 0 saturated heterocycles. The maximum atomic E-state index is 5.55. The van der Waals surface area contributed by atoms with Crippen molar-refractivity contribution >= 4 is 23.7 Å². The van der Waals surface area contributed by atoms with Gasteiger partial charge in [-0.25, -0.2) is 4.98 Å². The smallest absolute Gasteiger partial charge is 0.123 e. The van der Waals surface area contributed by atoms with Crippen molar-refractivity contribution in [1.29, 1.82) is 0 Å². The molecule has 3 nitrogen and oxygen atoms in total. The number of rotatable bonds is 1. The van der Waals surface area contributed by atoms with Gasteiger partial charge in [-0.1, -0.05) is 0 Å². The van der Waals surface area contributed by atoms with Crippen LogP contribution in [0.25, 0.3) is 11.0 Å². The first-order valence-corrected chi connectivity index (χ1v) is 4.51. The molecule has 2 rings (SSSR count). The molecule has 2 N–H and O–H groups in total. The first-order valence-electron chi connectivity index (χ1n) is 4.07. The van der Waals surface area contributed by atoms with Crippen molar-refractivity contribution in [2.24, 2.45) is 12.8 Å². The Morgan fingerprint density at radius 2 is 2.31 bits per heavy atom. The van der Waals surface area contributed by atoms with Gasteiger partial charge in [0.25, 0.3) is 0 Å². The second-order valence-electron chi connectivity index (χ2n) is 2.96. The fourth-order valence-electron chi connectivity index (χ4n) is 1.41. The Morgan fingerprint density at radius 1 is 1.54 bits per heavy atom. The van der Waals surface area contributed by atoms with Gasteiger partial charge in [0.2, 0.25) is 0 Å². The average molecular weight is 193 g/mol. The largest absolute Gasteiger partial charge is 0.330 e. The van der Waals surface area contributed by atoms with Crippen molar-refractivity contribution in [3.63, 3.8) is 0 Å². The minimum Gasteiger partial charge on any atom is -0.330 e. The number of imidazole rings is 1. The number of benzene rings is 1. The lowest BCUT2D eigenvalue weighted by atomic mass is 10.3. The predicted octanol–water partition coefficient (Wildman–Crippen LogP) is 1.32. The van der Waals surface area contributed by atoms with E-state index >= 15 is 0 Å². The topological polar surface area (TPSA) is 43.8 Å². The van der Waals surface area contributed by atoms with Crippen LogP contribution in [0.15, 0.2) is 23.1 Å². The molecule has 0 bridgehead atoms. The summed E-state index contributed by atoms with van der Waals surface area (Å²) < 4.78 is 2.00. The molecule has 0 aliphatic heterocycles. The molecule has 0 aliphatic carbocycles. The van der Waals surface area contributed by atoms with Crippen LogP contribution >= 0.6 is 12.6 Å². The van der Waals surface area contributed by atoms with Crippen LogP contribution in [0.4, 0.5) is 0 Å². The highest BCUT2D eigenvalue weighted by Gasteiger charge is 2.05. The Labute approximate surface area is 82.0 Å². The standard InChI is InChI=1S/C9H11N3S/c1-12-8-4-6(13)2-3-7(8)11-9(12)5-10/h2-4,13H,5,10H2,1H3. The monoisotopic (exact) mass is 193 g/mol. The summed E-state index contributed by atoms with van der Waals surface area (Å²) in [6.45, 7) is 0.465. The lowest BCUT2D eigenvalue weighted by Gasteiger charge is -1.98. The van der Waals surface area contributed by atoms with Crippen LogP contribution in [-0.2, 0) is 13.6 Å². The summed E-state index contributed by atoms with van der Waals surface area (Å²) in [5.41, 5.74) is 7.60. The zero-order valence-electron chi connectivity index (χ0n) is 7.36. The Kier molecular flexibility index (Phi) is 2.01. The molecule has 1 aromatic heterocycles. The second-order valence-corrected chi connectivity index (χ2v) is 3.48. The van der Waals surface area contributed by atoms with Crippen molar-refractivity contribution in [2.45, 2.75) is 11.4 Å². The molecule has 4 heteroatoms. The van der Waals surface area contributed by atoms with Gasteiger partial charge in [0.1, 0.15) is 5.82 Å². The number of nitrogens with zero attached hydrogens (tertiary/aromatic N) is 2. The third-order valence-electron chi connectivity index (χ3n) is 2.14. The van der Waals surface area contributed by atoms with E-state index in [1.54, 1.807) is 0 Å². The van der Waals surface area contributed by atoms with Crippen LogP contribution < -0.4 is 5.73 Å². The van der Waals surface area contributed by atoms with Gasteiger partial charge in [0.15, 0.2) is 0 Å². The number of aryl methyl sites for hydroxylation is 1. The predicted molar refractivity (Wildman–Crippen MR) is 55.9 cm³/mol. The summed E-state index contributed by atoms with van der Waals surface area (Å²) in [6, 6.07) is 5.88. The molecule has 0 unspecified atom stereocenters. The number of nitrogens with two attached hydrogens (primary N) is 1. The maximum absolute atomic E-state index is 5.55. The number of fused-ring (bicyclic) bond motifs is 1. The minimum absolute atomic E-state index is 0.465. The van der Waals surface area contributed by atoms with Crippen molar-refractivity contribution in [1.82, 2.24) is 9.55 Å². The van der Waals surface area contributed by atoms with E-state index in [0.29, 0.717) is 6.54 Å². The van der Waals surface area contributed by atoms with Crippen LogP contribution in [-0.4, -0.2) is 9.55 Å². The number of aromatic nitrogens is 2. The van der Waals surface area contributed by atoms with Crippen LogP contribution in [0.3, 0.4) is 0 Å². The highest BCUT2D eigenvalue weighted by molar-refractivity contribution is 7.80. The molecule has 0 atom stereocenters. The van der Waals surface area contributed by atoms with Crippen molar-refractivity contribution in [3.8, 4) is 0 Å². The van der Waals surface area contributed by atoms with Gasteiger partial charge in [0, 0.05) is 11.9 Å². The minimum atomic E-state index is 0.465. The van der Waals surface area contributed by atoms with E-state index in [0.717, 1.165) is 21.8 Å². The van der Waals surface area contributed by atoms with E-state index < -0.39 is 0 Å². The van der Waals surface area contributed by atoms with E-state index in [4.69, 9.17) is 5.73 Å². The Hall–Kier alpha value is -1.00. The van der Waals surface area contributed by atoms with E-state index in [1.165, 1.54) is 0 Å². The fraction of sp³-hybridized carbons (Fsp3) is 0.222.